The fourth-order valence-corrected chi connectivity index (χ4v) is 1.74. The van der Waals surface area contributed by atoms with E-state index in [2.05, 4.69) is 25.8 Å². The molecule has 0 radical (unpaired) electrons. The first-order valence-corrected chi connectivity index (χ1v) is 5.47. The minimum Gasteiger partial charge on any atom is -0.301 e. The van der Waals surface area contributed by atoms with E-state index < -0.39 is 0 Å². The van der Waals surface area contributed by atoms with Gasteiger partial charge >= 0.3 is 0 Å². The zero-order valence-electron chi connectivity index (χ0n) is 8.84. The lowest BCUT2D eigenvalue weighted by atomic mass is 10.1. The van der Waals surface area contributed by atoms with Gasteiger partial charge in [0.2, 0.25) is 0 Å². The largest absolute Gasteiger partial charge is 0.301 e. The maximum Gasteiger partial charge on any atom is 0.00961 e. The topological polar surface area (TPSA) is 3.24 Å². The van der Waals surface area contributed by atoms with E-state index in [1.165, 1.54) is 38.5 Å². The summed E-state index contributed by atoms with van der Waals surface area (Å²) in [5.74, 6) is 0. The zero-order valence-corrected chi connectivity index (χ0v) is 8.84. The molecule has 0 bridgehead atoms. The summed E-state index contributed by atoms with van der Waals surface area (Å²) in [7, 11) is 2.29. The van der Waals surface area contributed by atoms with Crippen molar-refractivity contribution in [3.05, 3.63) is 0 Å². The average Bonchev–Trinajstić information content (AvgIpc) is 2.86. The molecule has 1 aliphatic rings. The highest BCUT2D eigenvalue weighted by Gasteiger charge is 2.28. The molecule has 0 heterocycles. The molecule has 12 heavy (non-hydrogen) atoms. The lowest BCUT2D eigenvalue weighted by Crippen LogP contribution is -2.30. The van der Waals surface area contributed by atoms with E-state index in [0.29, 0.717) is 0 Å². The molecular formula is C11H23N. The monoisotopic (exact) mass is 169 g/mol. The van der Waals surface area contributed by atoms with Gasteiger partial charge in [-0.3, -0.25) is 0 Å². The minimum atomic E-state index is 0.809. The fraction of sp³-hybridized carbons (Fsp3) is 1.00. The first kappa shape index (κ1) is 10.0. The molecule has 0 aromatic rings. The van der Waals surface area contributed by atoms with Crippen LogP contribution in [0.5, 0.6) is 0 Å². The van der Waals surface area contributed by atoms with Crippen molar-refractivity contribution in [2.45, 2.75) is 64.5 Å². The van der Waals surface area contributed by atoms with Crippen molar-refractivity contribution in [1.82, 2.24) is 4.90 Å². The highest BCUT2D eigenvalue weighted by Crippen LogP contribution is 2.28. The van der Waals surface area contributed by atoms with Crippen LogP contribution in [0.3, 0.4) is 0 Å². The molecule has 0 aromatic carbocycles. The summed E-state index contributed by atoms with van der Waals surface area (Å²) in [6.45, 7) is 4.64. The van der Waals surface area contributed by atoms with Crippen LogP contribution in [-0.2, 0) is 0 Å². The molecule has 0 saturated heterocycles. The first-order chi connectivity index (χ1) is 5.75. The van der Waals surface area contributed by atoms with Crippen LogP contribution < -0.4 is 0 Å². The van der Waals surface area contributed by atoms with Crippen LogP contribution in [0.1, 0.15) is 52.4 Å². The van der Waals surface area contributed by atoms with Gasteiger partial charge in [-0.05, 0) is 33.2 Å². The number of unbranched alkanes of at least 4 members (excludes halogenated alkanes) is 2. The Bertz CT molecular complexity index is 118. The lowest BCUT2D eigenvalue weighted by Gasteiger charge is -2.24. The smallest absolute Gasteiger partial charge is 0.00961 e. The molecule has 1 aliphatic carbocycles. The Morgan fingerprint density at radius 3 is 2.50 bits per heavy atom. The molecule has 0 amide bonds. The third-order valence-electron chi connectivity index (χ3n) is 3.04. The predicted octanol–water partition coefficient (Wildman–Crippen LogP) is 3.05. The molecule has 1 unspecified atom stereocenters. The standard InChI is InChI=1S/C11H23N/c1-4-5-6-7-10(2)12(3)11-8-9-11/h10-11H,4-9H2,1-3H3. The minimum absolute atomic E-state index is 0.809. The molecule has 1 rings (SSSR count). The third-order valence-corrected chi connectivity index (χ3v) is 3.04. The molecule has 1 atom stereocenters. The van der Waals surface area contributed by atoms with Crippen LogP contribution in [0.2, 0.25) is 0 Å². The summed E-state index contributed by atoms with van der Waals surface area (Å²) in [6.07, 6.45) is 8.43. The molecule has 72 valence electrons. The molecule has 1 nitrogen and oxygen atoms in total. The van der Waals surface area contributed by atoms with Gasteiger partial charge in [-0.1, -0.05) is 26.2 Å². The van der Waals surface area contributed by atoms with Crippen LogP contribution >= 0.6 is 0 Å². The van der Waals surface area contributed by atoms with Crippen molar-refractivity contribution in [3.8, 4) is 0 Å². The maximum atomic E-state index is 2.57. The van der Waals surface area contributed by atoms with Crippen molar-refractivity contribution < 1.29 is 0 Å². The van der Waals surface area contributed by atoms with Gasteiger partial charge in [-0.2, -0.15) is 0 Å². The Morgan fingerprint density at radius 1 is 1.33 bits per heavy atom. The summed E-state index contributed by atoms with van der Waals surface area (Å²) in [6, 6.07) is 1.74. The second kappa shape index (κ2) is 4.86. The maximum absolute atomic E-state index is 2.57. The van der Waals surface area contributed by atoms with Gasteiger partial charge in [0.15, 0.2) is 0 Å². The van der Waals surface area contributed by atoms with Crippen molar-refractivity contribution in [2.24, 2.45) is 0 Å². The predicted molar refractivity (Wildman–Crippen MR) is 54.4 cm³/mol. The zero-order chi connectivity index (χ0) is 8.97. The average molecular weight is 169 g/mol. The van der Waals surface area contributed by atoms with Gasteiger partial charge in [0.25, 0.3) is 0 Å². The summed E-state index contributed by atoms with van der Waals surface area (Å²) in [5.41, 5.74) is 0. The number of hydrogen-bond acceptors (Lipinski definition) is 1. The Hall–Kier alpha value is -0.0400. The van der Waals surface area contributed by atoms with Crippen LogP contribution in [-0.4, -0.2) is 24.0 Å². The number of nitrogens with zero attached hydrogens (tertiary/aromatic N) is 1. The van der Waals surface area contributed by atoms with Crippen molar-refractivity contribution in [1.29, 1.82) is 0 Å². The van der Waals surface area contributed by atoms with Gasteiger partial charge < -0.3 is 4.90 Å². The van der Waals surface area contributed by atoms with E-state index in [4.69, 9.17) is 0 Å². The summed E-state index contributed by atoms with van der Waals surface area (Å²) >= 11 is 0. The molecule has 0 spiro atoms. The SMILES string of the molecule is CCCCCC(C)N(C)C1CC1. The quantitative estimate of drug-likeness (QED) is 0.552. The summed E-state index contributed by atoms with van der Waals surface area (Å²) in [5, 5.41) is 0. The van der Waals surface area contributed by atoms with E-state index >= 15 is 0 Å². The number of hydrogen-bond donors (Lipinski definition) is 0. The second-order valence-electron chi connectivity index (χ2n) is 4.24. The van der Waals surface area contributed by atoms with Gasteiger partial charge in [0.05, 0.1) is 0 Å². The van der Waals surface area contributed by atoms with E-state index in [1.54, 1.807) is 0 Å². The third kappa shape index (κ3) is 3.14. The van der Waals surface area contributed by atoms with E-state index in [-0.39, 0.29) is 0 Å². The fourth-order valence-electron chi connectivity index (χ4n) is 1.74. The van der Waals surface area contributed by atoms with Gasteiger partial charge in [-0.25, -0.2) is 0 Å². The summed E-state index contributed by atoms with van der Waals surface area (Å²) < 4.78 is 0. The van der Waals surface area contributed by atoms with Crippen LogP contribution in [0.4, 0.5) is 0 Å². The summed E-state index contributed by atoms with van der Waals surface area (Å²) in [4.78, 5) is 2.57. The molecule has 0 N–H and O–H groups in total. The van der Waals surface area contributed by atoms with E-state index in [9.17, 15) is 0 Å². The lowest BCUT2D eigenvalue weighted by molar-refractivity contribution is 0.232. The van der Waals surface area contributed by atoms with Crippen LogP contribution in [0.15, 0.2) is 0 Å². The van der Waals surface area contributed by atoms with Gasteiger partial charge in [-0.15, -0.1) is 0 Å². The Morgan fingerprint density at radius 2 is 2.00 bits per heavy atom. The van der Waals surface area contributed by atoms with Gasteiger partial charge in [0.1, 0.15) is 0 Å². The molecule has 1 saturated carbocycles. The van der Waals surface area contributed by atoms with Crippen LogP contribution in [0.25, 0.3) is 0 Å². The molecule has 0 aliphatic heterocycles. The van der Waals surface area contributed by atoms with Gasteiger partial charge in [0, 0.05) is 12.1 Å². The van der Waals surface area contributed by atoms with E-state index in [0.717, 1.165) is 12.1 Å². The Labute approximate surface area is 77.1 Å². The van der Waals surface area contributed by atoms with Crippen LogP contribution in [0, 0.1) is 0 Å². The molecule has 1 fully saturated rings. The molecule has 1 heteroatoms. The second-order valence-corrected chi connectivity index (χ2v) is 4.24. The van der Waals surface area contributed by atoms with E-state index in [1.807, 2.05) is 0 Å². The van der Waals surface area contributed by atoms with Crippen molar-refractivity contribution in [3.63, 3.8) is 0 Å². The Kier molecular flexibility index (Phi) is 4.07. The molecular weight excluding hydrogens is 146 g/mol. The molecule has 0 aromatic heterocycles. The first-order valence-electron chi connectivity index (χ1n) is 5.47. The highest BCUT2D eigenvalue weighted by molar-refractivity contribution is 4.84. The van der Waals surface area contributed by atoms with Crippen molar-refractivity contribution >= 4 is 0 Å². The van der Waals surface area contributed by atoms with Crippen molar-refractivity contribution in [2.75, 3.05) is 7.05 Å². The normalized spacial score (nSPS) is 20.0. The number of rotatable bonds is 6. The highest BCUT2D eigenvalue weighted by atomic mass is 15.2. The Balaban J connectivity index is 2.04.